The van der Waals surface area contributed by atoms with Gasteiger partial charge in [-0.3, -0.25) is 9.59 Å². The maximum atomic E-state index is 13.5. The van der Waals surface area contributed by atoms with Gasteiger partial charge in [0.05, 0.1) is 36.9 Å². The summed E-state index contributed by atoms with van der Waals surface area (Å²) in [6.45, 7) is 8.54. The number of carbonyl (C=O) groups is 4. The molecule has 4 heterocycles. The predicted molar refractivity (Wildman–Crippen MR) is 202 cm³/mol. The Morgan fingerprint density at radius 1 is 0.774 bits per heavy atom. The molecule has 5 N–H and O–H groups in total. The van der Waals surface area contributed by atoms with Crippen molar-refractivity contribution in [1.82, 2.24) is 40.4 Å². The summed E-state index contributed by atoms with van der Waals surface area (Å²) >= 11 is 1.60. The molecule has 14 nitrogen and oxygen atoms in total. The van der Waals surface area contributed by atoms with Gasteiger partial charge in [-0.1, -0.05) is 76.2 Å². The number of carbonyl (C=O) groups excluding carboxylic acids is 3. The topological polar surface area (TPSA) is 186 Å². The molecule has 4 aromatic rings. The number of ether oxygens (including phenoxy) is 1. The van der Waals surface area contributed by atoms with E-state index in [-0.39, 0.29) is 35.1 Å². The molecule has 0 spiro atoms. The number of imidazole rings is 2. The Morgan fingerprint density at radius 2 is 1.28 bits per heavy atom. The van der Waals surface area contributed by atoms with Gasteiger partial charge >= 0.3 is 12.2 Å². The Morgan fingerprint density at radius 3 is 1.83 bits per heavy atom. The van der Waals surface area contributed by atoms with Crippen LogP contribution in [0, 0.1) is 11.8 Å². The SMILES string of the molecule is COC(=O)NC(C(=O)N1CCCC1c1ncc(-c2ccc(-c3ccc(-c4cnc(C5SCCN5C(=O)C(NC(=O)O)C(C)C)[nH]4)cc3)cc2)[nH]1)C(C)C. The fourth-order valence-corrected chi connectivity index (χ4v) is 8.08. The summed E-state index contributed by atoms with van der Waals surface area (Å²) < 4.78 is 4.74. The Hall–Kier alpha value is -5.31. The number of nitrogens with one attached hydrogen (secondary N) is 4. The van der Waals surface area contributed by atoms with Gasteiger partial charge in [0.25, 0.3) is 0 Å². The second-order valence-electron chi connectivity index (χ2n) is 14.0. The quantitative estimate of drug-likeness (QED) is 0.122. The van der Waals surface area contributed by atoms with Crippen LogP contribution in [0.25, 0.3) is 33.6 Å². The number of methoxy groups -OCH3 is 1. The van der Waals surface area contributed by atoms with E-state index in [1.165, 1.54) is 7.11 Å². The highest BCUT2D eigenvalue weighted by Crippen LogP contribution is 2.38. The van der Waals surface area contributed by atoms with Crippen molar-refractivity contribution < 1.29 is 29.0 Å². The van der Waals surface area contributed by atoms with Gasteiger partial charge in [0.15, 0.2) is 0 Å². The molecule has 0 radical (unpaired) electrons. The molecule has 15 heteroatoms. The van der Waals surface area contributed by atoms with Crippen molar-refractivity contribution in [2.24, 2.45) is 11.8 Å². The van der Waals surface area contributed by atoms with Crippen molar-refractivity contribution in [3.8, 4) is 33.6 Å². The lowest BCUT2D eigenvalue weighted by Crippen LogP contribution is -2.51. The van der Waals surface area contributed by atoms with Crippen LogP contribution in [-0.2, 0) is 14.3 Å². The Kier molecular flexibility index (Phi) is 11.4. The molecule has 280 valence electrons. The lowest BCUT2D eigenvalue weighted by molar-refractivity contribution is -0.135. The number of carboxylic acid groups (broad SMARTS) is 1. The first-order valence-corrected chi connectivity index (χ1v) is 18.9. The van der Waals surface area contributed by atoms with Crippen LogP contribution < -0.4 is 10.6 Å². The number of nitrogens with zero attached hydrogens (tertiary/aromatic N) is 4. The summed E-state index contributed by atoms with van der Waals surface area (Å²) in [5, 5.41) is 14.0. The average Bonchev–Trinajstić information content (AvgIpc) is 3.98. The van der Waals surface area contributed by atoms with Gasteiger partial charge in [-0.2, -0.15) is 0 Å². The molecule has 2 aromatic heterocycles. The summed E-state index contributed by atoms with van der Waals surface area (Å²) in [7, 11) is 1.28. The second-order valence-corrected chi connectivity index (χ2v) is 15.2. The van der Waals surface area contributed by atoms with E-state index in [4.69, 9.17) is 4.74 Å². The number of aromatic amines is 2. The van der Waals surface area contributed by atoms with Crippen LogP contribution >= 0.6 is 11.8 Å². The molecule has 53 heavy (non-hydrogen) atoms. The van der Waals surface area contributed by atoms with Gasteiger partial charge in [0, 0.05) is 18.8 Å². The largest absolute Gasteiger partial charge is 0.465 e. The Bertz CT molecular complexity index is 1920. The zero-order valence-electron chi connectivity index (χ0n) is 30.5. The molecule has 0 aliphatic carbocycles. The van der Waals surface area contributed by atoms with Gasteiger partial charge in [-0.25, -0.2) is 19.6 Å². The third-order valence-electron chi connectivity index (χ3n) is 9.78. The maximum Gasteiger partial charge on any atom is 0.407 e. The van der Waals surface area contributed by atoms with Crippen LogP contribution in [0.4, 0.5) is 9.59 Å². The molecule has 0 saturated carbocycles. The minimum Gasteiger partial charge on any atom is -0.465 e. The number of alkyl carbamates (subject to hydrolysis) is 1. The molecular weight excluding hydrogens is 697 g/mol. The van der Waals surface area contributed by atoms with Crippen LogP contribution in [0.15, 0.2) is 60.9 Å². The molecule has 0 bridgehead atoms. The van der Waals surface area contributed by atoms with E-state index in [1.54, 1.807) is 34.0 Å². The minimum absolute atomic E-state index is 0.108. The van der Waals surface area contributed by atoms with E-state index in [1.807, 2.05) is 52.0 Å². The van der Waals surface area contributed by atoms with Crippen molar-refractivity contribution in [2.75, 3.05) is 26.0 Å². The zero-order valence-corrected chi connectivity index (χ0v) is 31.3. The molecule has 2 aliphatic heterocycles. The highest BCUT2D eigenvalue weighted by Gasteiger charge is 2.39. The number of hydrogen-bond donors (Lipinski definition) is 5. The van der Waals surface area contributed by atoms with Crippen molar-refractivity contribution in [3.05, 3.63) is 72.6 Å². The number of thioether (sulfide) groups is 1. The Balaban J connectivity index is 1.11. The van der Waals surface area contributed by atoms with Gasteiger partial charge in [-0.05, 0) is 46.9 Å². The third-order valence-corrected chi connectivity index (χ3v) is 11.0. The maximum absolute atomic E-state index is 13.5. The highest BCUT2D eigenvalue weighted by atomic mass is 32.2. The monoisotopic (exact) mass is 742 g/mol. The number of likely N-dealkylation sites (tertiary alicyclic amines) is 1. The first-order valence-electron chi connectivity index (χ1n) is 17.8. The number of benzene rings is 2. The number of hydrogen-bond acceptors (Lipinski definition) is 8. The van der Waals surface area contributed by atoms with Crippen LogP contribution in [0.3, 0.4) is 0 Å². The van der Waals surface area contributed by atoms with Gasteiger partial charge in [0.1, 0.15) is 29.1 Å². The summed E-state index contributed by atoms with van der Waals surface area (Å²) in [5.74, 6) is 1.40. The van der Waals surface area contributed by atoms with Crippen LogP contribution in [0.2, 0.25) is 0 Å². The summed E-state index contributed by atoms with van der Waals surface area (Å²) in [6, 6.07) is 14.6. The van der Waals surface area contributed by atoms with Gasteiger partial charge in [0.2, 0.25) is 11.8 Å². The Labute approximate surface area is 312 Å². The van der Waals surface area contributed by atoms with Crippen molar-refractivity contribution in [1.29, 1.82) is 0 Å². The fraction of sp³-hybridized carbons (Fsp3) is 0.421. The lowest BCUT2D eigenvalue weighted by atomic mass is 10.0. The molecule has 2 aromatic carbocycles. The summed E-state index contributed by atoms with van der Waals surface area (Å²) in [6.07, 6.45) is 3.33. The van der Waals surface area contributed by atoms with Crippen molar-refractivity contribution in [3.63, 3.8) is 0 Å². The van der Waals surface area contributed by atoms with Crippen LogP contribution in [0.1, 0.15) is 63.6 Å². The highest BCUT2D eigenvalue weighted by molar-refractivity contribution is 7.99. The molecule has 2 fully saturated rings. The molecule has 4 unspecified atom stereocenters. The smallest absolute Gasteiger partial charge is 0.407 e. The standard InChI is InChI=1S/C38H46N8O6S/c1-21(2)30(43-37(49)50)35(48)46-17-18-53-36(46)33-40-20-28(42-33)26-14-10-24(11-15-26)23-8-12-25(13-9-23)27-19-39-32(41-27)29-7-6-16-45(29)34(47)31(22(3)4)44-38(51)52-5/h8-15,19-22,29-31,36,43H,6-7,16-18H2,1-5H3,(H,39,41)(H,40,42)(H,44,51)(H,49,50). The number of H-pyrrole nitrogens is 2. The van der Waals surface area contributed by atoms with E-state index in [0.29, 0.717) is 24.7 Å². The first kappa shape index (κ1) is 37.4. The summed E-state index contributed by atoms with van der Waals surface area (Å²) in [4.78, 5) is 69.7. The second kappa shape index (κ2) is 16.1. The van der Waals surface area contributed by atoms with Crippen LogP contribution in [-0.4, -0.2) is 96.9 Å². The van der Waals surface area contributed by atoms with E-state index < -0.39 is 24.3 Å². The fourth-order valence-electron chi connectivity index (χ4n) is 6.89. The lowest BCUT2D eigenvalue weighted by Gasteiger charge is -2.30. The molecule has 6 rings (SSSR count). The number of amides is 4. The molecule has 2 saturated heterocycles. The third kappa shape index (κ3) is 8.19. The number of rotatable bonds is 11. The van der Waals surface area contributed by atoms with E-state index in [0.717, 1.165) is 52.2 Å². The van der Waals surface area contributed by atoms with E-state index in [2.05, 4.69) is 54.8 Å². The average molecular weight is 743 g/mol. The number of aromatic nitrogens is 4. The molecular formula is C38H46N8O6S. The van der Waals surface area contributed by atoms with Crippen molar-refractivity contribution in [2.45, 2.75) is 64.0 Å². The zero-order chi connectivity index (χ0) is 37.8. The van der Waals surface area contributed by atoms with E-state index >= 15 is 0 Å². The van der Waals surface area contributed by atoms with Gasteiger partial charge < -0.3 is 40.2 Å². The first-order chi connectivity index (χ1) is 25.4. The molecule has 4 atom stereocenters. The van der Waals surface area contributed by atoms with Gasteiger partial charge in [-0.15, -0.1) is 11.8 Å². The van der Waals surface area contributed by atoms with Crippen molar-refractivity contribution >= 4 is 35.8 Å². The predicted octanol–water partition coefficient (Wildman–Crippen LogP) is 6.04. The van der Waals surface area contributed by atoms with Crippen LogP contribution in [0.5, 0.6) is 0 Å². The molecule has 2 aliphatic rings. The summed E-state index contributed by atoms with van der Waals surface area (Å²) in [5.41, 5.74) is 5.67. The normalized spacial score (nSPS) is 18.3. The minimum atomic E-state index is -1.22. The molecule has 4 amide bonds. The van der Waals surface area contributed by atoms with E-state index in [9.17, 15) is 24.3 Å².